The van der Waals surface area contributed by atoms with E-state index in [-0.39, 0.29) is 24.2 Å². The summed E-state index contributed by atoms with van der Waals surface area (Å²) >= 11 is 0. The van der Waals surface area contributed by atoms with Crippen molar-refractivity contribution in [2.24, 2.45) is 7.05 Å². The molecule has 0 saturated heterocycles. The Bertz CT molecular complexity index is 662. The lowest BCUT2D eigenvalue weighted by molar-refractivity contribution is -0.137. The second-order valence-electron chi connectivity index (χ2n) is 4.57. The van der Waals surface area contributed by atoms with Gasteiger partial charge in [0.25, 0.3) is 0 Å². The Kier molecular flexibility index (Phi) is 4.02. The summed E-state index contributed by atoms with van der Waals surface area (Å²) in [4.78, 5) is 14.6. The molecule has 7 heteroatoms. The molecule has 112 valence electrons. The fourth-order valence-electron chi connectivity index (χ4n) is 2.09. The molecule has 0 aliphatic carbocycles. The Balaban J connectivity index is 2.42. The third-order valence-corrected chi connectivity index (χ3v) is 3.15. The molecular formula is C14H13F3N2O2. The standard InChI is InChI=1S/C14H13F3N2O2/c1-19-9(6-7-12(20)21)8-18-13(19)10-4-2-3-5-11(10)14(15,16)17/h2-5,8H,6-7H2,1H3,(H,20,21). The van der Waals surface area contributed by atoms with E-state index >= 15 is 0 Å². The minimum absolute atomic E-state index is 0.0194. The van der Waals surface area contributed by atoms with E-state index in [1.807, 2.05) is 0 Å². The van der Waals surface area contributed by atoms with Gasteiger partial charge in [-0.1, -0.05) is 18.2 Å². The van der Waals surface area contributed by atoms with E-state index in [4.69, 9.17) is 5.11 Å². The van der Waals surface area contributed by atoms with Gasteiger partial charge in [-0.25, -0.2) is 4.98 Å². The van der Waals surface area contributed by atoms with Gasteiger partial charge in [-0.15, -0.1) is 0 Å². The molecule has 0 aliphatic heterocycles. The van der Waals surface area contributed by atoms with Crippen molar-refractivity contribution in [3.8, 4) is 11.4 Å². The molecule has 0 saturated carbocycles. The molecule has 0 radical (unpaired) electrons. The fraction of sp³-hybridized carbons (Fsp3) is 0.286. The lowest BCUT2D eigenvalue weighted by Crippen LogP contribution is -2.09. The van der Waals surface area contributed by atoms with Crippen molar-refractivity contribution in [2.45, 2.75) is 19.0 Å². The van der Waals surface area contributed by atoms with Gasteiger partial charge >= 0.3 is 12.1 Å². The van der Waals surface area contributed by atoms with Crippen LogP contribution in [-0.4, -0.2) is 20.6 Å². The van der Waals surface area contributed by atoms with Gasteiger partial charge < -0.3 is 9.67 Å². The molecule has 0 spiro atoms. The van der Waals surface area contributed by atoms with Gasteiger partial charge in [0.2, 0.25) is 0 Å². The number of carboxylic acid groups (broad SMARTS) is 1. The van der Waals surface area contributed by atoms with E-state index in [1.54, 1.807) is 7.05 Å². The smallest absolute Gasteiger partial charge is 0.417 e. The molecule has 2 aromatic rings. The summed E-state index contributed by atoms with van der Waals surface area (Å²) in [6.07, 6.45) is -2.94. The fourth-order valence-corrected chi connectivity index (χ4v) is 2.09. The van der Waals surface area contributed by atoms with Gasteiger partial charge in [-0.3, -0.25) is 4.79 Å². The van der Waals surface area contributed by atoms with E-state index in [0.717, 1.165) is 6.07 Å². The number of benzene rings is 1. The second-order valence-corrected chi connectivity index (χ2v) is 4.57. The molecule has 0 unspecified atom stereocenters. The number of imidazole rings is 1. The van der Waals surface area contributed by atoms with Crippen molar-refractivity contribution in [3.63, 3.8) is 0 Å². The Labute approximate surface area is 118 Å². The summed E-state index contributed by atoms with van der Waals surface area (Å²) in [5, 5.41) is 8.66. The summed E-state index contributed by atoms with van der Waals surface area (Å²) in [5.41, 5.74) is -0.207. The highest BCUT2D eigenvalue weighted by Gasteiger charge is 2.34. The Morgan fingerprint density at radius 1 is 1.33 bits per heavy atom. The number of carboxylic acids is 1. The summed E-state index contributed by atoms with van der Waals surface area (Å²) in [7, 11) is 1.58. The highest BCUT2D eigenvalue weighted by Crippen LogP contribution is 2.36. The normalized spacial score (nSPS) is 11.6. The van der Waals surface area contributed by atoms with Gasteiger partial charge in [0.05, 0.1) is 12.0 Å². The van der Waals surface area contributed by atoms with Crippen LogP contribution in [0.4, 0.5) is 13.2 Å². The number of aliphatic carboxylic acids is 1. The lowest BCUT2D eigenvalue weighted by Gasteiger charge is -2.13. The number of alkyl halides is 3. The molecule has 0 amide bonds. The number of rotatable bonds is 4. The number of hydrogen-bond donors (Lipinski definition) is 1. The molecule has 1 heterocycles. The van der Waals surface area contributed by atoms with Crippen LogP contribution in [0, 0.1) is 0 Å². The van der Waals surface area contributed by atoms with Crippen LogP contribution in [0.25, 0.3) is 11.4 Å². The molecule has 2 rings (SSSR count). The van der Waals surface area contributed by atoms with Crippen LogP contribution in [0.15, 0.2) is 30.5 Å². The zero-order valence-electron chi connectivity index (χ0n) is 11.2. The van der Waals surface area contributed by atoms with Gasteiger partial charge in [0.1, 0.15) is 5.82 Å². The van der Waals surface area contributed by atoms with Crippen molar-refractivity contribution in [2.75, 3.05) is 0 Å². The number of nitrogens with zero attached hydrogens (tertiary/aromatic N) is 2. The first kappa shape index (κ1) is 15.1. The first-order chi connectivity index (χ1) is 9.80. The number of carbonyl (C=O) groups is 1. The van der Waals surface area contributed by atoms with Crippen LogP contribution < -0.4 is 0 Å². The third kappa shape index (κ3) is 3.24. The molecule has 0 fully saturated rings. The minimum Gasteiger partial charge on any atom is -0.481 e. The van der Waals surface area contributed by atoms with Gasteiger partial charge in [0, 0.05) is 24.5 Å². The molecule has 21 heavy (non-hydrogen) atoms. The highest BCUT2D eigenvalue weighted by molar-refractivity contribution is 5.67. The number of aromatic nitrogens is 2. The Hall–Kier alpha value is -2.31. The predicted molar refractivity (Wildman–Crippen MR) is 69.6 cm³/mol. The first-order valence-corrected chi connectivity index (χ1v) is 6.19. The molecule has 1 aromatic heterocycles. The maximum absolute atomic E-state index is 13.0. The first-order valence-electron chi connectivity index (χ1n) is 6.19. The maximum atomic E-state index is 13.0. The third-order valence-electron chi connectivity index (χ3n) is 3.15. The zero-order chi connectivity index (χ0) is 15.6. The van der Waals surface area contributed by atoms with Crippen LogP contribution in [0.3, 0.4) is 0 Å². The SMILES string of the molecule is Cn1c(CCC(=O)O)cnc1-c1ccccc1C(F)(F)F. The number of aryl methyl sites for hydroxylation is 1. The van der Waals surface area contributed by atoms with E-state index in [2.05, 4.69) is 4.98 Å². The van der Waals surface area contributed by atoms with Crippen molar-refractivity contribution in [1.29, 1.82) is 0 Å². The highest BCUT2D eigenvalue weighted by atomic mass is 19.4. The Morgan fingerprint density at radius 2 is 2.00 bits per heavy atom. The predicted octanol–water partition coefficient (Wildman–Crippen LogP) is 3.12. The lowest BCUT2D eigenvalue weighted by atomic mass is 10.1. The van der Waals surface area contributed by atoms with E-state index in [1.165, 1.54) is 29.0 Å². The van der Waals surface area contributed by atoms with Crippen LogP contribution >= 0.6 is 0 Å². The van der Waals surface area contributed by atoms with Crippen molar-refractivity contribution in [1.82, 2.24) is 9.55 Å². The van der Waals surface area contributed by atoms with Crippen LogP contribution in [0.2, 0.25) is 0 Å². The molecule has 0 atom stereocenters. The van der Waals surface area contributed by atoms with Gasteiger partial charge in [-0.05, 0) is 12.5 Å². The topological polar surface area (TPSA) is 55.1 Å². The largest absolute Gasteiger partial charge is 0.481 e. The molecule has 0 aliphatic rings. The summed E-state index contributed by atoms with van der Waals surface area (Å²) < 4.78 is 40.5. The van der Waals surface area contributed by atoms with Gasteiger partial charge in [0.15, 0.2) is 0 Å². The maximum Gasteiger partial charge on any atom is 0.417 e. The minimum atomic E-state index is -4.47. The average Bonchev–Trinajstić information content (AvgIpc) is 2.76. The molecular weight excluding hydrogens is 285 g/mol. The summed E-state index contributed by atoms with van der Waals surface area (Å²) in [5.74, 6) is -0.795. The summed E-state index contributed by atoms with van der Waals surface area (Å²) in [6.45, 7) is 0. The van der Waals surface area contributed by atoms with E-state index in [9.17, 15) is 18.0 Å². The molecule has 1 N–H and O–H groups in total. The molecule has 1 aromatic carbocycles. The number of halogens is 3. The molecule has 4 nitrogen and oxygen atoms in total. The number of hydrogen-bond acceptors (Lipinski definition) is 2. The average molecular weight is 298 g/mol. The Morgan fingerprint density at radius 3 is 2.62 bits per heavy atom. The van der Waals surface area contributed by atoms with Crippen LogP contribution in [0.5, 0.6) is 0 Å². The monoisotopic (exact) mass is 298 g/mol. The molecule has 0 bridgehead atoms. The van der Waals surface area contributed by atoms with Crippen molar-refractivity contribution >= 4 is 5.97 Å². The zero-order valence-corrected chi connectivity index (χ0v) is 11.2. The van der Waals surface area contributed by atoms with Crippen LogP contribution in [-0.2, 0) is 24.4 Å². The second kappa shape index (κ2) is 5.59. The van der Waals surface area contributed by atoms with Crippen molar-refractivity contribution < 1.29 is 23.1 Å². The van der Waals surface area contributed by atoms with Gasteiger partial charge in [-0.2, -0.15) is 13.2 Å². The summed E-state index contributed by atoms with van der Waals surface area (Å²) in [6, 6.07) is 5.18. The quantitative estimate of drug-likeness (QED) is 0.943. The van der Waals surface area contributed by atoms with E-state index < -0.39 is 17.7 Å². The van der Waals surface area contributed by atoms with E-state index in [0.29, 0.717) is 5.69 Å². The van der Waals surface area contributed by atoms with Crippen LogP contribution in [0.1, 0.15) is 17.7 Å². The van der Waals surface area contributed by atoms with Crippen molar-refractivity contribution in [3.05, 3.63) is 41.7 Å².